The molecule has 5 rings (SSSR count). The molecule has 18 atom stereocenters. The van der Waals surface area contributed by atoms with Gasteiger partial charge in [-0.3, -0.25) is 9.59 Å². The van der Waals surface area contributed by atoms with Gasteiger partial charge in [0.05, 0.1) is 53.7 Å². The fourth-order valence-corrected chi connectivity index (χ4v) is 11.0. The van der Waals surface area contributed by atoms with Crippen LogP contribution in [0.25, 0.3) is 0 Å². The van der Waals surface area contributed by atoms with Crippen LogP contribution in [0.5, 0.6) is 0 Å². The number of Topliss-reactive ketones (excluding diaryl/α,β-unsaturated/α-hetero) is 1. The lowest BCUT2D eigenvalue weighted by Crippen LogP contribution is -2.65. The molecule has 13 heteroatoms. The van der Waals surface area contributed by atoms with Crippen LogP contribution in [0.4, 0.5) is 4.79 Å². The standard InChI is InChI=1S/C46H75NO12/c1-12-24-54-42(52)47-35-18-21-45(59-46(35)23-22-43(11,58-46)36-19-20-44(53,15-4)31(10)55-36)28(7)25-27(6)40(57-45)33(14-3)38(49)29(8)37(48)30(9)39-26(5)16-17-34(56-39)32(13-2)41(50)51/h12,18,21,26-37,39-40,48,53H,1,13-17,19-20,22-25H2,2-11H3,(H,47,52)(H,50,51)/t26-,27-,28+,29-,30-,31-,32+,33-,34+,35+,36+,37+,39+,40-,43-,44+,45-,46-/m0/s1. The molecule has 59 heavy (non-hydrogen) atoms. The summed E-state index contributed by atoms with van der Waals surface area (Å²) in [5, 5.41) is 35.8. The smallest absolute Gasteiger partial charge is 0.408 e. The predicted octanol–water partition coefficient (Wildman–Crippen LogP) is 7.11. The Balaban J connectivity index is 1.38. The summed E-state index contributed by atoms with van der Waals surface area (Å²) in [5.41, 5.74) is -1.74. The van der Waals surface area contributed by atoms with Crippen LogP contribution in [-0.4, -0.2) is 105 Å². The second kappa shape index (κ2) is 18.9. The number of hydrogen-bond acceptors (Lipinski definition) is 11. The van der Waals surface area contributed by atoms with E-state index in [0.717, 1.165) is 6.42 Å². The summed E-state index contributed by atoms with van der Waals surface area (Å²) in [5.74, 6) is -6.13. The van der Waals surface area contributed by atoms with Gasteiger partial charge in [0.2, 0.25) is 0 Å². The lowest BCUT2D eigenvalue weighted by atomic mass is 9.72. The highest BCUT2D eigenvalue weighted by molar-refractivity contribution is 5.84. The number of ketones is 1. The van der Waals surface area contributed by atoms with Gasteiger partial charge in [0.1, 0.15) is 18.4 Å². The van der Waals surface area contributed by atoms with Gasteiger partial charge in [0.25, 0.3) is 0 Å². The molecule has 0 bridgehead atoms. The molecule has 0 aromatic rings. The number of carboxylic acids is 1. The highest BCUT2D eigenvalue weighted by Crippen LogP contribution is 2.54. The minimum atomic E-state index is -1.38. The van der Waals surface area contributed by atoms with Crippen molar-refractivity contribution in [2.45, 2.75) is 199 Å². The molecule has 0 aromatic heterocycles. The van der Waals surface area contributed by atoms with Gasteiger partial charge in [-0.05, 0) is 89.5 Å². The van der Waals surface area contributed by atoms with Crippen molar-refractivity contribution in [1.29, 1.82) is 0 Å². The van der Waals surface area contributed by atoms with Crippen LogP contribution >= 0.6 is 0 Å². The zero-order valence-electron chi connectivity index (χ0n) is 37.3. The first kappa shape index (κ1) is 47.7. The quantitative estimate of drug-likeness (QED) is 0.123. The lowest BCUT2D eigenvalue weighted by molar-refractivity contribution is -0.398. The van der Waals surface area contributed by atoms with E-state index < -0.39 is 95.1 Å². The molecule has 5 heterocycles. The molecule has 5 aliphatic heterocycles. The Labute approximate surface area is 352 Å². The summed E-state index contributed by atoms with van der Waals surface area (Å²) in [6.07, 6.45) is 7.09. The van der Waals surface area contributed by atoms with Crippen LogP contribution in [0.3, 0.4) is 0 Å². The predicted molar refractivity (Wildman–Crippen MR) is 221 cm³/mol. The number of carboxylic acid groups (broad SMARTS) is 1. The van der Waals surface area contributed by atoms with Gasteiger partial charge in [0.15, 0.2) is 11.6 Å². The second-order valence-corrected chi connectivity index (χ2v) is 19.0. The zero-order valence-corrected chi connectivity index (χ0v) is 37.3. The third-order valence-electron chi connectivity index (χ3n) is 15.1. The Hall–Kier alpha value is -2.39. The highest BCUT2D eigenvalue weighted by Gasteiger charge is 2.63. The minimum absolute atomic E-state index is 0.0299. The van der Waals surface area contributed by atoms with E-state index >= 15 is 0 Å². The van der Waals surface area contributed by atoms with E-state index in [9.17, 15) is 29.7 Å². The normalized spacial score (nSPS) is 42.4. The zero-order chi connectivity index (χ0) is 43.7. The number of amides is 1. The average Bonchev–Trinajstić information content (AvgIpc) is 3.54. The molecular weight excluding hydrogens is 759 g/mol. The fourth-order valence-electron chi connectivity index (χ4n) is 11.0. The van der Waals surface area contributed by atoms with Crippen LogP contribution in [-0.2, 0) is 38.0 Å². The number of nitrogens with one attached hydrogen (secondary N) is 1. The number of aliphatic hydroxyl groups is 2. The van der Waals surface area contributed by atoms with E-state index in [-0.39, 0.29) is 36.2 Å². The maximum absolute atomic E-state index is 14.6. The van der Waals surface area contributed by atoms with Crippen LogP contribution in [0.1, 0.15) is 133 Å². The van der Waals surface area contributed by atoms with E-state index in [1.54, 1.807) is 6.92 Å². The summed E-state index contributed by atoms with van der Waals surface area (Å²) in [6.45, 7) is 23.2. The van der Waals surface area contributed by atoms with E-state index in [1.807, 2.05) is 53.7 Å². The van der Waals surface area contributed by atoms with Crippen LogP contribution in [0.15, 0.2) is 24.8 Å². The molecule has 0 aliphatic carbocycles. The monoisotopic (exact) mass is 834 g/mol. The number of carbonyl (C=O) groups is 3. The second-order valence-electron chi connectivity index (χ2n) is 19.0. The van der Waals surface area contributed by atoms with Crippen molar-refractivity contribution in [2.24, 2.45) is 41.4 Å². The molecule has 0 aromatic carbocycles. The number of aliphatic carboxylic acids is 1. The van der Waals surface area contributed by atoms with Crippen molar-refractivity contribution in [3.05, 3.63) is 24.8 Å². The molecule has 4 N–H and O–H groups in total. The fraction of sp³-hybridized carbons (Fsp3) is 0.848. The van der Waals surface area contributed by atoms with E-state index in [0.29, 0.717) is 57.8 Å². The maximum Gasteiger partial charge on any atom is 0.408 e. The number of alkyl carbamates (subject to hydrolysis) is 1. The van der Waals surface area contributed by atoms with E-state index in [2.05, 4.69) is 32.7 Å². The van der Waals surface area contributed by atoms with Gasteiger partial charge in [0, 0.05) is 30.1 Å². The highest BCUT2D eigenvalue weighted by atomic mass is 16.8. The molecule has 0 saturated carbocycles. The van der Waals surface area contributed by atoms with Crippen molar-refractivity contribution in [3.63, 3.8) is 0 Å². The molecule has 1 amide bonds. The Kier molecular flexibility index (Phi) is 15.3. The molecular formula is C46H75NO12. The van der Waals surface area contributed by atoms with Gasteiger partial charge in [-0.25, -0.2) is 4.79 Å². The third-order valence-corrected chi connectivity index (χ3v) is 15.1. The molecule has 336 valence electrons. The topological polar surface area (TPSA) is 179 Å². The van der Waals surface area contributed by atoms with Crippen LogP contribution < -0.4 is 5.32 Å². The molecule has 4 fully saturated rings. The summed E-state index contributed by atoms with van der Waals surface area (Å²) < 4.78 is 39.6. The van der Waals surface area contributed by atoms with Crippen LogP contribution in [0.2, 0.25) is 0 Å². The average molecular weight is 834 g/mol. The molecule has 0 radical (unpaired) electrons. The largest absolute Gasteiger partial charge is 0.481 e. The van der Waals surface area contributed by atoms with Gasteiger partial charge >= 0.3 is 12.1 Å². The van der Waals surface area contributed by atoms with E-state index in [4.69, 9.17) is 28.4 Å². The van der Waals surface area contributed by atoms with Gasteiger partial charge in [-0.1, -0.05) is 74.1 Å². The molecule has 4 saturated heterocycles. The summed E-state index contributed by atoms with van der Waals surface area (Å²) in [7, 11) is 0. The van der Waals surface area contributed by atoms with Crippen molar-refractivity contribution in [2.75, 3.05) is 6.61 Å². The first-order chi connectivity index (χ1) is 27.7. The Morgan fingerprint density at radius 3 is 2.25 bits per heavy atom. The number of carbonyl (C=O) groups excluding carboxylic acids is 2. The molecule has 2 spiro atoms. The number of ether oxygens (including phenoxy) is 6. The molecule has 5 aliphatic rings. The number of rotatable bonds is 15. The summed E-state index contributed by atoms with van der Waals surface area (Å²) >= 11 is 0. The summed E-state index contributed by atoms with van der Waals surface area (Å²) in [6, 6.07) is -0.748. The SMILES string of the molecule is C=CCOC(=O)N[C@@H]1C=C[C@]2(O[C@H]([C@@H](CC)C(=O)[C@@H](C)[C@@H](O)[C@H](C)[C@@H]3O[C@@H]([C@@H](CC)C(=O)O)CC[C@@H]3C)[C@@H](C)C[C@H]2C)O[C@@]12CC[C@@](C)([C@H]1CC[C@](O)(CC)[C@H](C)O1)O2. The Morgan fingerprint density at radius 2 is 1.64 bits per heavy atom. The summed E-state index contributed by atoms with van der Waals surface area (Å²) in [4.78, 5) is 39.6. The maximum atomic E-state index is 14.6. The van der Waals surface area contributed by atoms with Gasteiger partial charge < -0.3 is 49.1 Å². The third kappa shape index (κ3) is 9.51. The van der Waals surface area contributed by atoms with Crippen molar-refractivity contribution < 1.29 is 58.1 Å². The molecule has 0 unspecified atom stereocenters. The first-order valence-electron chi connectivity index (χ1n) is 22.5. The van der Waals surface area contributed by atoms with Gasteiger partial charge in [-0.15, -0.1) is 0 Å². The van der Waals surface area contributed by atoms with E-state index in [1.165, 1.54) is 6.08 Å². The van der Waals surface area contributed by atoms with Crippen molar-refractivity contribution in [3.8, 4) is 0 Å². The number of aliphatic hydroxyl groups excluding tert-OH is 1. The van der Waals surface area contributed by atoms with Crippen LogP contribution in [0, 0.1) is 41.4 Å². The van der Waals surface area contributed by atoms with Crippen molar-refractivity contribution >= 4 is 17.8 Å². The first-order valence-corrected chi connectivity index (χ1v) is 22.5. The molecule has 13 nitrogen and oxygen atoms in total. The number of hydrogen-bond donors (Lipinski definition) is 4. The van der Waals surface area contributed by atoms with Crippen molar-refractivity contribution in [1.82, 2.24) is 5.32 Å². The minimum Gasteiger partial charge on any atom is -0.481 e. The Morgan fingerprint density at radius 1 is 0.949 bits per heavy atom. The van der Waals surface area contributed by atoms with Gasteiger partial charge in [-0.2, -0.15) is 0 Å². The Bertz CT molecular complexity index is 1520. The lowest BCUT2D eigenvalue weighted by Gasteiger charge is -2.55.